The first-order valence-electron chi connectivity index (χ1n) is 5.59. The predicted octanol–water partition coefficient (Wildman–Crippen LogP) is 0.427. The van der Waals surface area contributed by atoms with Crippen molar-refractivity contribution in [2.75, 3.05) is 0 Å². The third-order valence-electron chi connectivity index (χ3n) is 3.60. The summed E-state index contributed by atoms with van der Waals surface area (Å²) in [6.45, 7) is 0. The Balaban J connectivity index is 2.05. The first-order valence-corrected chi connectivity index (χ1v) is 7.14. The lowest BCUT2D eigenvalue weighted by molar-refractivity contribution is 0.507. The van der Waals surface area contributed by atoms with E-state index >= 15 is 0 Å². The van der Waals surface area contributed by atoms with Gasteiger partial charge in [-0.15, -0.1) is 0 Å². The van der Waals surface area contributed by atoms with Crippen molar-refractivity contribution in [2.45, 2.75) is 12.1 Å². The number of hydrogen-bond acceptors (Lipinski definition) is 3. The van der Waals surface area contributed by atoms with Gasteiger partial charge < -0.3 is 5.32 Å². The van der Waals surface area contributed by atoms with Gasteiger partial charge in [-0.1, -0.05) is 36.5 Å². The zero-order valence-electron chi connectivity index (χ0n) is 9.15. The number of sulfonamides is 1. The van der Waals surface area contributed by atoms with Crippen LogP contribution in [0.3, 0.4) is 0 Å². The zero-order chi connectivity index (χ0) is 12.0. The molecule has 3 rings (SSSR count). The summed E-state index contributed by atoms with van der Waals surface area (Å²) >= 11 is 0. The van der Waals surface area contributed by atoms with Crippen LogP contribution in [-0.2, 0) is 10.0 Å². The Labute approximate surface area is 101 Å². The highest BCUT2D eigenvalue weighted by atomic mass is 32.2. The van der Waals surface area contributed by atoms with Crippen molar-refractivity contribution in [1.29, 1.82) is 0 Å². The number of nitrogens with two attached hydrogens (primary N) is 1. The van der Waals surface area contributed by atoms with E-state index in [0.717, 1.165) is 0 Å². The molecule has 17 heavy (non-hydrogen) atoms. The van der Waals surface area contributed by atoms with Crippen molar-refractivity contribution in [3.63, 3.8) is 0 Å². The quantitative estimate of drug-likeness (QED) is 0.709. The fourth-order valence-electron chi connectivity index (χ4n) is 2.91. The SMILES string of the molecule is NS(=O)(=O)C1=CC=CC2NC3C=CC=CC3C12. The summed E-state index contributed by atoms with van der Waals surface area (Å²) in [4.78, 5) is 0.338. The molecule has 0 amide bonds. The fraction of sp³-hybridized carbons (Fsp3) is 0.333. The summed E-state index contributed by atoms with van der Waals surface area (Å²) in [5.41, 5.74) is 0. The van der Waals surface area contributed by atoms with Crippen LogP contribution in [0.1, 0.15) is 0 Å². The third kappa shape index (κ3) is 1.71. The smallest absolute Gasteiger partial charge is 0.234 e. The third-order valence-corrected chi connectivity index (χ3v) is 4.67. The summed E-state index contributed by atoms with van der Waals surface area (Å²) in [5, 5.41) is 8.70. The lowest BCUT2D eigenvalue weighted by Crippen LogP contribution is -2.33. The molecule has 1 aliphatic heterocycles. The van der Waals surface area contributed by atoms with E-state index in [4.69, 9.17) is 5.14 Å². The molecule has 4 unspecified atom stereocenters. The first kappa shape index (κ1) is 11.0. The standard InChI is InChI=1S/C12H14N2O2S/c13-17(15,16)11-7-3-6-10-12(11)8-4-1-2-5-9(8)14-10/h1-10,12,14H,(H2,13,15,16). The van der Waals surface area contributed by atoms with Gasteiger partial charge in [0.05, 0.1) is 4.91 Å². The Bertz CT molecular complexity index is 557. The number of fused-ring (bicyclic) bond motifs is 3. The average Bonchev–Trinajstić information content (AvgIpc) is 2.65. The van der Waals surface area contributed by atoms with Gasteiger partial charge in [0, 0.05) is 23.9 Å². The van der Waals surface area contributed by atoms with Gasteiger partial charge in [-0.2, -0.15) is 0 Å². The molecule has 0 aromatic carbocycles. The number of rotatable bonds is 1. The van der Waals surface area contributed by atoms with Gasteiger partial charge in [0.15, 0.2) is 0 Å². The molecule has 1 fully saturated rings. The van der Waals surface area contributed by atoms with Crippen LogP contribution in [-0.4, -0.2) is 20.5 Å². The summed E-state index contributed by atoms with van der Waals surface area (Å²) in [6.07, 6.45) is 13.4. The molecule has 90 valence electrons. The van der Waals surface area contributed by atoms with Crippen LogP contribution in [0.4, 0.5) is 0 Å². The Morgan fingerprint density at radius 2 is 1.76 bits per heavy atom. The summed E-state index contributed by atoms with van der Waals surface area (Å²) in [5.74, 6) is 0.0840. The molecule has 0 radical (unpaired) electrons. The minimum Gasteiger partial charge on any atom is -0.303 e. The topological polar surface area (TPSA) is 72.2 Å². The molecular formula is C12H14N2O2S. The van der Waals surface area contributed by atoms with Crippen molar-refractivity contribution in [3.05, 3.63) is 47.4 Å². The van der Waals surface area contributed by atoms with E-state index < -0.39 is 10.0 Å². The molecule has 2 aliphatic carbocycles. The van der Waals surface area contributed by atoms with E-state index in [9.17, 15) is 8.42 Å². The second-order valence-electron chi connectivity index (χ2n) is 4.59. The van der Waals surface area contributed by atoms with E-state index in [1.165, 1.54) is 0 Å². The molecule has 4 atom stereocenters. The second-order valence-corrected chi connectivity index (χ2v) is 6.15. The van der Waals surface area contributed by atoms with Gasteiger partial charge in [0.1, 0.15) is 0 Å². The average molecular weight is 250 g/mol. The molecule has 0 aromatic heterocycles. The normalized spacial score (nSPS) is 38.8. The van der Waals surface area contributed by atoms with Crippen molar-refractivity contribution in [3.8, 4) is 0 Å². The Hall–Kier alpha value is -1.17. The Kier molecular flexibility index (Phi) is 2.36. The maximum Gasteiger partial charge on any atom is 0.234 e. The van der Waals surface area contributed by atoms with Crippen LogP contribution in [0.2, 0.25) is 0 Å². The highest BCUT2D eigenvalue weighted by Gasteiger charge is 2.45. The lowest BCUT2D eigenvalue weighted by atomic mass is 9.83. The lowest BCUT2D eigenvalue weighted by Gasteiger charge is -2.25. The van der Waals surface area contributed by atoms with Crippen molar-refractivity contribution in [1.82, 2.24) is 5.32 Å². The van der Waals surface area contributed by atoms with Crippen LogP contribution in [0.5, 0.6) is 0 Å². The summed E-state index contributed by atoms with van der Waals surface area (Å²) in [6, 6.07) is 0.249. The molecule has 1 heterocycles. The van der Waals surface area contributed by atoms with E-state index in [-0.39, 0.29) is 23.9 Å². The van der Waals surface area contributed by atoms with Gasteiger partial charge in [-0.25, -0.2) is 13.6 Å². The predicted molar refractivity (Wildman–Crippen MR) is 66.3 cm³/mol. The van der Waals surface area contributed by atoms with Gasteiger partial charge >= 0.3 is 0 Å². The molecule has 5 heteroatoms. The van der Waals surface area contributed by atoms with Crippen LogP contribution < -0.4 is 10.5 Å². The summed E-state index contributed by atoms with van der Waals surface area (Å²) < 4.78 is 23.2. The van der Waals surface area contributed by atoms with Gasteiger partial charge in [0.25, 0.3) is 0 Å². The zero-order valence-corrected chi connectivity index (χ0v) is 9.97. The van der Waals surface area contributed by atoms with E-state index in [1.807, 2.05) is 18.2 Å². The summed E-state index contributed by atoms with van der Waals surface area (Å²) in [7, 11) is -3.62. The van der Waals surface area contributed by atoms with E-state index in [1.54, 1.807) is 12.2 Å². The number of hydrogen-bond donors (Lipinski definition) is 2. The maximum absolute atomic E-state index is 11.6. The molecular weight excluding hydrogens is 236 g/mol. The molecule has 4 nitrogen and oxygen atoms in total. The Morgan fingerprint density at radius 3 is 2.53 bits per heavy atom. The fourth-order valence-corrected chi connectivity index (χ4v) is 3.86. The van der Waals surface area contributed by atoms with Crippen molar-refractivity contribution in [2.24, 2.45) is 17.0 Å². The molecule has 0 aromatic rings. The van der Waals surface area contributed by atoms with E-state index in [0.29, 0.717) is 4.91 Å². The second kappa shape index (κ2) is 3.66. The molecule has 3 N–H and O–H groups in total. The van der Waals surface area contributed by atoms with Gasteiger partial charge in [0.2, 0.25) is 10.0 Å². The highest BCUT2D eigenvalue weighted by Crippen LogP contribution is 2.40. The van der Waals surface area contributed by atoms with Gasteiger partial charge in [-0.05, 0) is 6.08 Å². The maximum atomic E-state index is 11.6. The van der Waals surface area contributed by atoms with Crippen molar-refractivity contribution >= 4 is 10.0 Å². The van der Waals surface area contributed by atoms with E-state index in [2.05, 4.69) is 17.5 Å². The number of nitrogens with one attached hydrogen (secondary N) is 1. The molecule has 3 aliphatic rings. The van der Waals surface area contributed by atoms with Crippen LogP contribution in [0.15, 0.2) is 47.4 Å². The van der Waals surface area contributed by atoms with Crippen LogP contribution in [0.25, 0.3) is 0 Å². The number of primary sulfonamides is 1. The molecule has 0 spiro atoms. The molecule has 0 saturated carbocycles. The number of allylic oxidation sites excluding steroid dienone is 4. The largest absolute Gasteiger partial charge is 0.303 e. The highest BCUT2D eigenvalue weighted by molar-refractivity contribution is 7.93. The monoisotopic (exact) mass is 250 g/mol. The first-order chi connectivity index (χ1) is 8.07. The van der Waals surface area contributed by atoms with Crippen LogP contribution >= 0.6 is 0 Å². The van der Waals surface area contributed by atoms with Crippen LogP contribution in [0, 0.1) is 11.8 Å². The Morgan fingerprint density at radius 1 is 1.06 bits per heavy atom. The minimum absolute atomic E-state index is 0.0516. The molecule has 0 bridgehead atoms. The van der Waals surface area contributed by atoms with Crippen molar-refractivity contribution < 1.29 is 8.42 Å². The van der Waals surface area contributed by atoms with Gasteiger partial charge in [-0.3, -0.25) is 0 Å². The molecule has 1 saturated heterocycles. The minimum atomic E-state index is -3.62.